The van der Waals surface area contributed by atoms with Gasteiger partial charge in [0.15, 0.2) is 0 Å². The quantitative estimate of drug-likeness (QED) is 0.880. The number of phenolic OH excluding ortho intramolecular Hbond substituents is 2. The summed E-state index contributed by atoms with van der Waals surface area (Å²) < 4.78 is 11.5. The highest BCUT2D eigenvalue weighted by molar-refractivity contribution is 5.44. The minimum atomic E-state index is -0.207. The Morgan fingerprint density at radius 2 is 1.90 bits per heavy atom. The van der Waals surface area contributed by atoms with E-state index in [0.717, 1.165) is 11.1 Å². The molecule has 0 spiro atoms. The molecule has 1 unspecified atom stereocenters. The second kappa shape index (κ2) is 5.06. The number of ether oxygens (including phenoxy) is 2. The van der Waals surface area contributed by atoms with E-state index in [2.05, 4.69) is 0 Å². The summed E-state index contributed by atoms with van der Waals surface area (Å²) in [5.41, 5.74) is 1.82. The number of phenols is 2. The Morgan fingerprint density at radius 3 is 2.65 bits per heavy atom. The van der Waals surface area contributed by atoms with Crippen LogP contribution in [0, 0.1) is 0 Å². The molecule has 4 nitrogen and oxygen atoms in total. The van der Waals surface area contributed by atoms with Crippen LogP contribution in [0.3, 0.4) is 0 Å². The van der Waals surface area contributed by atoms with Crippen LogP contribution in [-0.4, -0.2) is 17.3 Å². The SMILES string of the molecule is COC1C[C@@H](c2cccc(O)c2)Oc2cc(O)ccc21. The number of rotatable bonds is 2. The van der Waals surface area contributed by atoms with E-state index in [4.69, 9.17) is 9.47 Å². The average molecular weight is 272 g/mol. The number of benzene rings is 2. The summed E-state index contributed by atoms with van der Waals surface area (Å²) in [5, 5.41) is 19.2. The molecule has 0 amide bonds. The van der Waals surface area contributed by atoms with Gasteiger partial charge in [-0.15, -0.1) is 0 Å². The maximum Gasteiger partial charge on any atom is 0.129 e. The first kappa shape index (κ1) is 12.8. The lowest BCUT2D eigenvalue weighted by atomic mass is 9.94. The van der Waals surface area contributed by atoms with Crippen LogP contribution in [0.15, 0.2) is 42.5 Å². The van der Waals surface area contributed by atoms with E-state index < -0.39 is 0 Å². The molecular weight excluding hydrogens is 256 g/mol. The summed E-state index contributed by atoms with van der Waals surface area (Å²) in [6, 6.07) is 12.0. The fourth-order valence-corrected chi connectivity index (χ4v) is 2.57. The number of aromatic hydroxyl groups is 2. The van der Waals surface area contributed by atoms with Crippen LogP contribution in [-0.2, 0) is 4.74 Å². The fraction of sp³-hybridized carbons (Fsp3) is 0.250. The molecule has 2 aromatic rings. The normalized spacial score (nSPS) is 21.1. The van der Waals surface area contributed by atoms with Crippen molar-refractivity contribution in [2.45, 2.75) is 18.6 Å². The van der Waals surface area contributed by atoms with E-state index in [-0.39, 0.29) is 23.7 Å². The highest BCUT2D eigenvalue weighted by atomic mass is 16.5. The Bertz CT molecular complexity index is 624. The molecule has 1 aliphatic rings. The molecule has 0 radical (unpaired) electrons. The van der Waals surface area contributed by atoms with Gasteiger partial charge in [-0.25, -0.2) is 0 Å². The lowest BCUT2D eigenvalue weighted by molar-refractivity contribution is 0.0299. The Labute approximate surface area is 117 Å². The smallest absolute Gasteiger partial charge is 0.129 e. The summed E-state index contributed by atoms with van der Waals surface area (Å²) >= 11 is 0. The third kappa shape index (κ3) is 2.30. The summed E-state index contributed by atoms with van der Waals surface area (Å²) in [7, 11) is 1.66. The topological polar surface area (TPSA) is 58.9 Å². The van der Waals surface area contributed by atoms with Crippen LogP contribution in [0.1, 0.15) is 29.8 Å². The van der Waals surface area contributed by atoms with Crippen molar-refractivity contribution >= 4 is 0 Å². The van der Waals surface area contributed by atoms with E-state index in [1.807, 2.05) is 12.1 Å². The predicted molar refractivity (Wildman–Crippen MR) is 73.9 cm³/mol. The third-order valence-electron chi connectivity index (χ3n) is 3.57. The van der Waals surface area contributed by atoms with Gasteiger partial charge in [-0.3, -0.25) is 0 Å². The monoisotopic (exact) mass is 272 g/mol. The zero-order valence-corrected chi connectivity index (χ0v) is 11.1. The highest BCUT2D eigenvalue weighted by Crippen LogP contribution is 2.43. The fourth-order valence-electron chi connectivity index (χ4n) is 2.57. The standard InChI is InChI=1S/C16H16O4/c1-19-15-9-14(10-3-2-4-11(17)7-10)20-16-8-12(18)5-6-13(15)16/h2-8,14-15,17-18H,9H2,1H3/t14-,15?/m0/s1. The van der Waals surface area contributed by atoms with Crippen molar-refractivity contribution in [1.82, 2.24) is 0 Å². The van der Waals surface area contributed by atoms with E-state index in [1.165, 1.54) is 0 Å². The summed E-state index contributed by atoms with van der Waals surface area (Å²) in [5.74, 6) is 0.994. The molecule has 0 saturated carbocycles. The molecule has 4 heteroatoms. The molecule has 2 aromatic carbocycles. The van der Waals surface area contributed by atoms with E-state index in [9.17, 15) is 10.2 Å². The van der Waals surface area contributed by atoms with Crippen LogP contribution in [0.4, 0.5) is 0 Å². The summed E-state index contributed by atoms with van der Waals surface area (Å²) in [6.45, 7) is 0. The molecule has 1 aliphatic heterocycles. The van der Waals surface area contributed by atoms with Crippen molar-refractivity contribution in [3.05, 3.63) is 53.6 Å². The van der Waals surface area contributed by atoms with Gasteiger partial charge in [0.25, 0.3) is 0 Å². The lowest BCUT2D eigenvalue weighted by Gasteiger charge is -2.31. The minimum absolute atomic E-state index is 0.0910. The van der Waals surface area contributed by atoms with Crippen LogP contribution in [0.25, 0.3) is 0 Å². The molecule has 0 saturated heterocycles. The Hall–Kier alpha value is -2.20. The van der Waals surface area contributed by atoms with E-state index >= 15 is 0 Å². The molecule has 0 aromatic heterocycles. The number of hydrogen-bond donors (Lipinski definition) is 2. The molecule has 0 aliphatic carbocycles. The second-order valence-corrected chi connectivity index (χ2v) is 4.88. The maximum atomic E-state index is 9.59. The highest BCUT2D eigenvalue weighted by Gasteiger charge is 2.29. The van der Waals surface area contributed by atoms with Crippen molar-refractivity contribution in [2.75, 3.05) is 7.11 Å². The molecule has 0 bridgehead atoms. The maximum absolute atomic E-state index is 9.59. The van der Waals surface area contributed by atoms with E-state index in [1.54, 1.807) is 37.4 Å². The van der Waals surface area contributed by atoms with Crippen LogP contribution < -0.4 is 4.74 Å². The Balaban J connectivity index is 1.97. The summed E-state index contributed by atoms with van der Waals surface area (Å²) in [4.78, 5) is 0. The first-order valence-corrected chi connectivity index (χ1v) is 6.48. The van der Waals surface area contributed by atoms with Crippen molar-refractivity contribution in [3.63, 3.8) is 0 Å². The number of hydrogen-bond acceptors (Lipinski definition) is 4. The van der Waals surface area contributed by atoms with E-state index in [0.29, 0.717) is 12.2 Å². The van der Waals surface area contributed by atoms with Crippen molar-refractivity contribution in [3.8, 4) is 17.2 Å². The number of methoxy groups -OCH3 is 1. The van der Waals surface area contributed by atoms with Gasteiger partial charge in [-0.1, -0.05) is 12.1 Å². The van der Waals surface area contributed by atoms with Crippen molar-refractivity contribution in [1.29, 1.82) is 0 Å². The first-order chi connectivity index (χ1) is 9.67. The van der Waals surface area contributed by atoms with Crippen LogP contribution in [0.5, 0.6) is 17.2 Å². The first-order valence-electron chi connectivity index (χ1n) is 6.48. The average Bonchev–Trinajstić information content (AvgIpc) is 2.45. The van der Waals surface area contributed by atoms with Crippen LogP contribution >= 0.6 is 0 Å². The zero-order valence-electron chi connectivity index (χ0n) is 11.1. The molecule has 3 rings (SSSR count). The van der Waals surface area contributed by atoms with Crippen molar-refractivity contribution < 1.29 is 19.7 Å². The van der Waals surface area contributed by atoms with Gasteiger partial charge in [0.1, 0.15) is 23.4 Å². The molecule has 2 N–H and O–H groups in total. The van der Waals surface area contributed by atoms with Gasteiger partial charge in [0, 0.05) is 25.2 Å². The zero-order chi connectivity index (χ0) is 14.1. The lowest BCUT2D eigenvalue weighted by Crippen LogP contribution is -2.20. The second-order valence-electron chi connectivity index (χ2n) is 4.88. The predicted octanol–water partition coefficient (Wildman–Crippen LogP) is 3.31. The summed E-state index contributed by atoms with van der Waals surface area (Å²) in [6.07, 6.45) is 0.366. The molecular formula is C16H16O4. The molecule has 104 valence electrons. The van der Waals surface area contributed by atoms with Gasteiger partial charge < -0.3 is 19.7 Å². The third-order valence-corrected chi connectivity index (χ3v) is 3.57. The Kier molecular flexibility index (Phi) is 3.24. The molecule has 2 atom stereocenters. The van der Waals surface area contributed by atoms with Gasteiger partial charge in [-0.05, 0) is 29.8 Å². The molecule has 1 heterocycles. The molecule has 20 heavy (non-hydrogen) atoms. The largest absolute Gasteiger partial charge is 0.508 e. The van der Waals surface area contributed by atoms with Gasteiger partial charge >= 0.3 is 0 Å². The van der Waals surface area contributed by atoms with Gasteiger partial charge in [-0.2, -0.15) is 0 Å². The number of fused-ring (bicyclic) bond motifs is 1. The van der Waals surface area contributed by atoms with Crippen LogP contribution in [0.2, 0.25) is 0 Å². The van der Waals surface area contributed by atoms with Crippen molar-refractivity contribution in [2.24, 2.45) is 0 Å². The molecule has 0 fully saturated rings. The minimum Gasteiger partial charge on any atom is -0.508 e. The van der Waals surface area contributed by atoms with Gasteiger partial charge in [0.05, 0.1) is 6.10 Å². The Morgan fingerprint density at radius 1 is 1.10 bits per heavy atom. The van der Waals surface area contributed by atoms with Gasteiger partial charge in [0.2, 0.25) is 0 Å².